The topological polar surface area (TPSA) is 65.1 Å². The Kier molecular flexibility index (Phi) is 5.74. The first kappa shape index (κ1) is 15.7. The van der Waals surface area contributed by atoms with Crippen LogP contribution in [0.2, 0.25) is 0 Å². The van der Waals surface area contributed by atoms with Crippen molar-refractivity contribution in [3.8, 4) is 0 Å². The average Bonchev–Trinajstić information content (AvgIpc) is 3.06. The molecule has 110 valence electrons. The lowest BCUT2D eigenvalue weighted by molar-refractivity contribution is 0.182. The van der Waals surface area contributed by atoms with E-state index in [1.807, 2.05) is 4.68 Å². The molecule has 0 aliphatic rings. The molecule has 20 heavy (non-hydrogen) atoms. The molecule has 0 saturated carbocycles. The summed E-state index contributed by atoms with van der Waals surface area (Å²) in [6, 6.07) is 2.08. The van der Waals surface area contributed by atoms with Crippen molar-refractivity contribution in [3.05, 3.63) is 38.3 Å². The molecule has 0 bridgehead atoms. The van der Waals surface area contributed by atoms with Gasteiger partial charge in [0.1, 0.15) is 0 Å². The van der Waals surface area contributed by atoms with Gasteiger partial charge in [-0.2, -0.15) is 5.10 Å². The third kappa shape index (κ3) is 3.12. The molecule has 2 aromatic heterocycles. The zero-order valence-corrected chi connectivity index (χ0v) is 14.0. The highest BCUT2D eigenvalue weighted by Gasteiger charge is 2.23. The lowest BCUT2D eigenvalue weighted by Gasteiger charge is -2.19. The van der Waals surface area contributed by atoms with Crippen LogP contribution in [0.5, 0.6) is 0 Å². The minimum atomic E-state index is -0.0707. The number of aryl methyl sites for hydroxylation is 1. The molecule has 1 unspecified atom stereocenters. The van der Waals surface area contributed by atoms with Crippen molar-refractivity contribution in [2.45, 2.75) is 25.9 Å². The summed E-state index contributed by atoms with van der Waals surface area (Å²) in [4.78, 5) is 1.23. The SMILES string of the molecule is CCc1ccsc1C(NN)c1c(Br)cnn1CCOC. The Bertz CT molecular complexity index is 554. The van der Waals surface area contributed by atoms with E-state index in [0.717, 1.165) is 16.6 Å². The standard InChI is InChI=1S/C13H19BrN4OS/c1-3-9-4-7-20-13(9)11(17-15)12-10(14)8-16-18(12)5-6-19-2/h4,7-8,11,17H,3,5-6,15H2,1-2H3. The number of nitrogens with one attached hydrogen (secondary N) is 1. The largest absolute Gasteiger partial charge is 0.383 e. The van der Waals surface area contributed by atoms with Crippen molar-refractivity contribution in [2.24, 2.45) is 5.84 Å². The average molecular weight is 359 g/mol. The number of thiophene rings is 1. The first-order valence-electron chi connectivity index (χ1n) is 6.45. The molecule has 2 heterocycles. The second-order valence-electron chi connectivity index (χ2n) is 4.36. The number of hydrogen-bond acceptors (Lipinski definition) is 5. The number of rotatable bonds is 7. The number of nitrogens with two attached hydrogens (primary N) is 1. The molecule has 7 heteroatoms. The lowest BCUT2D eigenvalue weighted by Crippen LogP contribution is -2.31. The Balaban J connectivity index is 2.39. The minimum Gasteiger partial charge on any atom is -0.383 e. The summed E-state index contributed by atoms with van der Waals surface area (Å²) >= 11 is 5.28. The van der Waals surface area contributed by atoms with E-state index in [4.69, 9.17) is 10.6 Å². The van der Waals surface area contributed by atoms with Crippen LogP contribution in [0.3, 0.4) is 0 Å². The Labute approximate surface area is 131 Å². The summed E-state index contributed by atoms with van der Waals surface area (Å²) < 4.78 is 8.01. The number of hydrazine groups is 1. The number of nitrogens with zero attached hydrogens (tertiary/aromatic N) is 2. The summed E-state index contributed by atoms with van der Waals surface area (Å²) in [5.41, 5.74) is 5.26. The second-order valence-corrected chi connectivity index (χ2v) is 6.16. The Morgan fingerprint density at radius 3 is 3.05 bits per heavy atom. The van der Waals surface area contributed by atoms with E-state index in [1.165, 1.54) is 10.4 Å². The third-order valence-electron chi connectivity index (χ3n) is 3.20. The lowest BCUT2D eigenvalue weighted by atomic mass is 10.1. The van der Waals surface area contributed by atoms with E-state index >= 15 is 0 Å². The second kappa shape index (κ2) is 7.33. The third-order valence-corrected chi connectivity index (χ3v) is 4.84. The van der Waals surface area contributed by atoms with Crippen molar-refractivity contribution >= 4 is 27.3 Å². The summed E-state index contributed by atoms with van der Waals surface area (Å²) in [5.74, 6) is 5.81. The van der Waals surface area contributed by atoms with Gasteiger partial charge in [0.15, 0.2) is 0 Å². The smallest absolute Gasteiger partial charge is 0.0984 e. The van der Waals surface area contributed by atoms with Crippen molar-refractivity contribution in [2.75, 3.05) is 13.7 Å². The molecule has 0 aliphatic heterocycles. The van der Waals surface area contributed by atoms with Gasteiger partial charge in [-0.1, -0.05) is 6.92 Å². The molecule has 0 spiro atoms. The summed E-state index contributed by atoms with van der Waals surface area (Å²) in [5, 5.41) is 6.49. The van der Waals surface area contributed by atoms with Crippen LogP contribution in [0.15, 0.2) is 22.1 Å². The Morgan fingerprint density at radius 2 is 2.40 bits per heavy atom. The number of aromatic nitrogens is 2. The molecule has 0 amide bonds. The van der Waals surface area contributed by atoms with Crippen LogP contribution in [0.25, 0.3) is 0 Å². The Morgan fingerprint density at radius 1 is 1.60 bits per heavy atom. The maximum atomic E-state index is 5.81. The number of ether oxygens (including phenoxy) is 1. The van der Waals surface area contributed by atoms with Gasteiger partial charge in [-0.05, 0) is 39.4 Å². The van der Waals surface area contributed by atoms with Crippen LogP contribution in [0.1, 0.15) is 29.1 Å². The zero-order valence-electron chi connectivity index (χ0n) is 11.6. The molecular formula is C13H19BrN4OS. The van der Waals surface area contributed by atoms with Crippen molar-refractivity contribution in [1.29, 1.82) is 0 Å². The van der Waals surface area contributed by atoms with E-state index in [2.05, 4.69) is 44.8 Å². The van der Waals surface area contributed by atoms with Crippen LogP contribution in [0, 0.1) is 0 Å². The van der Waals surface area contributed by atoms with Gasteiger partial charge in [-0.3, -0.25) is 10.5 Å². The molecule has 2 rings (SSSR count). The molecule has 1 atom stereocenters. The summed E-state index contributed by atoms with van der Waals surface area (Å²) in [6.45, 7) is 3.46. The van der Waals surface area contributed by atoms with Crippen LogP contribution in [0.4, 0.5) is 0 Å². The van der Waals surface area contributed by atoms with Gasteiger partial charge in [-0.25, -0.2) is 5.43 Å². The first-order valence-corrected chi connectivity index (χ1v) is 8.12. The molecule has 2 aromatic rings. The molecule has 0 saturated heterocycles. The first-order chi connectivity index (χ1) is 9.72. The van der Waals surface area contributed by atoms with Crippen molar-refractivity contribution < 1.29 is 4.74 Å². The normalized spacial score (nSPS) is 12.8. The van der Waals surface area contributed by atoms with Crippen LogP contribution in [-0.4, -0.2) is 23.5 Å². The highest BCUT2D eigenvalue weighted by atomic mass is 79.9. The maximum absolute atomic E-state index is 5.81. The van der Waals surface area contributed by atoms with Crippen molar-refractivity contribution in [3.63, 3.8) is 0 Å². The number of hydrogen-bond donors (Lipinski definition) is 2. The quantitative estimate of drug-likeness (QED) is 0.589. The summed E-state index contributed by atoms with van der Waals surface area (Å²) in [6.07, 6.45) is 2.79. The van der Waals surface area contributed by atoms with Crippen LogP contribution >= 0.6 is 27.3 Å². The van der Waals surface area contributed by atoms with Gasteiger partial charge in [0, 0.05) is 12.0 Å². The fraction of sp³-hybridized carbons (Fsp3) is 0.462. The van der Waals surface area contributed by atoms with Gasteiger partial charge in [-0.15, -0.1) is 11.3 Å². The van der Waals surface area contributed by atoms with Crippen LogP contribution in [-0.2, 0) is 17.7 Å². The predicted molar refractivity (Wildman–Crippen MR) is 84.7 cm³/mol. The monoisotopic (exact) mass is 358 g/mol. The van der Waals surface area contributed by atoms with Gasteiger partial charge in [0.2, 0.25) is 0 Å². The number of halogens is 1. The molecule has 3 N–H and O–H groups in total. The molecule has 5 nitrogen and oxygen atoms in total. The molecule has 0 radical (unpaired) electrons. The van der Waals surface area contributed by atoms with Gasteiger partial charge >= 0.3 is 0 Å². The highest BCUT2D eigenvalue weighted by Crippen LogP contribution is 2.33. The molecular weight excluding hydrogens is 340 g/mol. The van der Waals surface area contributed by atoms with Gasteiger partial charge in [0.05, 0.1) is 35.6 Å². The minimum absolute atomic E-state index is 0.0707. The van der Waals surface area contributed by atoms with E-state index in [1.54, 1.807) is 24.6 Å². The zero-order chi connectivity index (χ0) is 14.5. The van der Waals surface area contributed by atoms with Crippen molar-refractivity contribution in [1.82, 2.24) is 15.2 Å². The molecule has 0 fully saturated rings. The Hall–Kier alpha value is -0.730. The van der Waals surface area contributed by atoms with E-state index in [0.29, 0.717) is 13.2 Å². The maximum Gasteiger partial charge on any atom is 0.0984 e. The molecule has 0 aliphatic carbocycles. The highest BCUT2D eigenvalue weighted by molar-refractivity contribution is 9.10. The predicted octanol–water partition coefficient (Wildman–Crippen LogP) is 2.47. The molecule has 0 aromatic carbocycles. The number of methoxy groups -OCH3 is 1. The van der Waals surface area contributed by atoms with Crippen LogP contribution < -0.4 is 11.3 Å². The fourth-order valence-corrected chi connectivity index (χ4v) is 3.77. The fourth-order valence-electron chi connectivity index (χ4n) is 2.19. The van der Waals surface area contributed by atoms with E-state index < -0.39 is 0 Å². The van der Waals surface area contributed by atoms with E-state index in [-0.39, 0.29) is 6.04 Å². The van der Waals surface area contributed by atoms with Gasteiger partial charge < -0.3 is 4.74 Å². The van der Waals surface area contributed by atoms with E-state index in [9.17, 15) is 0 Å². The van der Waals surface area contributed by atoms with Gasteiger partial charge in [0.25, 0.3) is 0 Å². The summed E-state index contributed by atoms with van der Waals surface area (Å²) in [7, 11) is 1.69.